The zero-order chi connectivity index (χ0) is 14.9. The Morgan fingerprint density at radius 1 is 1.00 bits per heavy atom. The molecular formula is C17H15NO4. The Hall–Kier alpha value is -2.69. The Labute approximate surface area is 127 Å². The number of anilines is 1. The lowest BCUT2D eigenvalue weighted by Crippen LogP contribution is -2.32. The summed E-state index contributed by atoms with van der Waals surface area (Å²) in [6, 6.07) is 13.2. The molecule has 2 aliphatic rings. The molecule has 1 N–H and O–H groups in total. The van der Waals surface area contributed by atoms with E-state index < -0.39 is 0 Å². The number of hydrogen-bond acceptors (Lipinski definition) is 4. The summed E-state index contributed by atoms with van der Waals surface area (Å²) in [5, 5.41) is 2.92. The van der Waals surface area contributed by atoms with Crippen LogP contribution in [-0.2, 0) is 11.2 Å². The molecule has 0 fully saturated rings. The van der Waals surface area contributed by atoms with E-state index in [0.29, 0.717) is 30.2 Å². The lowest BCUT2D eigenvalue weighted by Gasteiger charge is -2.24. The predicted molar refractivity (Wildman–Crippen MR) is 80.3 cm³/mol. The maximum absolute atomic E-state index is 12.4. The summed E-state index contributed by atoms with van der Waals surface area (Å²) in [5.41, 5.74) is 1.77. The van der Waals surface area contributed by atoms with Gasteiger partial charge >= 0.3 is 0 Å². The summed E-state index contributed by atoms with van der Waals surface area (Å²) in [5.74, 6) is 1.99. The number of amides is 1. The maximum Gasteiger partial charge on any atom is 0.231 e. The molecule has 0 radical (unpaired) electrons. The predicted octanol–water partition coefficient (Wildman–Crippen LogP) is 2.61. The smallest absolute Gasteiger partial charge is 0.231 e. The van der Waals surface area contributed by atoms with Gasteiger partial charge in [0, 0.05) is 11.8 Å². The van der Waals surface area contributed by atoms with E-state index >= 15 is 0 Å². The highest BCUT2D eigenvalue weighted by molar-refractivity contribution is 5.93. The number of ether oxygens (including phenoxy) is 3. The Morgan fingerprint density at radius 2 is 1.86 bits per heavy atom. The van der Waals surface area contributed by atoms with E-state index in [9.17, 15) is 4.79 Å². The summed E-state index contributed by atoms with van der Waals surface area (Å²) in [6.07, 6.45) is 0.687. The molecule has 5 nitrogen and oxygen atoms in total. The number of hydrogen-bond donors (Lipinski definition) is 1. The summed E-state index contributed by atoms with van der Waals surface area (Å²) >= 11 is 0. The molecule has 22 heavy (non-hydrogen) atoms. The van der Waals surface area contributed by atoms with Gasteiger partial charge in [0.2, 0.25) is 12.7 Å². The minimum atomic E-state index is -0.194. The molecule has 0 aromatic heterocycles. The zero-order valence-corrected chi connectivity index (χ0v) is 11.9. The van der Waals surface area contributed by atoms with Crippen LogP contribution in [0.2, 0.25) is 0 Å². The number of carbonyl (C=O) groups excluding carboxylic acids is 1. The average Bonchev–Trinajstić information content (AvgIpc) is 3.02. The second kappa shape index (κ2) is 5.26. The van der Waals surface area contributed by atoms with Crippen LogP contribution in [0.1, 0.15) is 5.56 Å². The third kappa shape index (κ3) is 2.35. The molecular weight excluding hydrogens is 282 g/mol. The summed E-state index contributed by atoms with van der Waals surface area (Å²) in [4.78, 5) is 12.4. The van der Waals surface area contributed by atoms with Crippen molar-refractivity contribution in [3.63, 3.8) is 0 Å². The molecule has 0 saturated heterocycles. The van der Waals surface area contributed by atoms with Crippen LogP contribution < -0.4 is 19.5 Å². The summed E-state index contributed by atoms with van der Waals surface area (Å²) in [6.45, 7) is 0.618. The Balaban J connectivity index is 1.47. The first-order chi connectivity index (χ1) is 10.8. The fourth-order valence-electron chi connectivity index (χ4n) is 2.72. The number of para-hydroxylation sites is 1. The van der Waals surface area contributed by atoms with Gasteiger partial charge in [0.25, 0.3) is 0 Å². The van der Waals surface area contributed by atoms with Crippen LogP contribution in [0.3, 0.4) is 0 Å². The highest BCUT2D eigenvalue weighted by Gasteiger charge is 2.26. The highest BCUT2D eigenvalue weighted by Crippen LogP contribution is 2.34. The van der Waals surface area contributed by atoms with Gasteiger partial charge in [-0.1, -0.05) is 18.2 Å². The van der Waals surface area contributed by atoms with Crippen molar-refractivity contribution < 1.29 is 19.0 Å². The van der Waals surface area contributed by atoms with Gasteiger partial charge in [-0.05, 0) is 30.2 Å². The quantitative estimate of drug-likeness (QED) is 0.925. The SMILES string of the molecule is O=C(Nc1ccc2c(c1)OCO2)C1COc2ccccc2C1. The molecule has 2 aromatic rings. The summed E-state index contributed by atoms with van der Waals surface area (Å²) < 4.78 is 16.2. The van der Waals surface area contributed by atoms with Gasteiger partial charge < -0.3 is 19.5 Å². The first kappa shape index (κ1) is 13.0. The van der Waals surface area contributed by atoms with Crippen molar-refractivity contribution >= 4 is 11.6 Å². The van der Waals surface area contributed by atoms with Crippen molar-refractivity contribution in [1.82, 2.24) is 0 Å². The number of carbonyl (C=O) groups is 1. The van der Waals surface area contributed by atoms with E-state index in [0.717, 1.165) is 11.3 Å². The van der Waals surface area contributed by atoms with Crippen LogP contribution in [0, 0.1) is 5.92 Å². The molecule has 1 atom stereocenters. The molecule has 5 heteroatoms. The second-order valence-corrected chi connectivity index (χ2v) is 5.38. The molecule has 0 spiro atoms. The molecule has 2 aliphatic heterocycles. The Morgan fingerprint density at radius 3 is 2.82 bits per heavy atom. The molecule has 4 rings (SSSR count). The number of rotatable bonds is 2. The Kier molecular flexibility index (Phi) is 3.11. The molecule has 0 saturated carbocycles. The van der Waals surface area contributed by atoms with Crippen LogP contribution in [0.4, 0.5) is 5.69 Å². The van der Waals surface area contributed by atoms with Gasteiger partial charge in [-0.15, -0.1) is 0 Å². The van der Waals surface area contributed by atoms with Crippen molar-refractivity contribution in [2.45, 2.75) is 6.42 Å². The third-order valence-electron chi connectivity index (χ3n) is 3.89. The number of nitrogens with one attached hydrogen (secondary N) is 1. The lowest BCUT2D eigenvalue weighted by molar-refractivity contribution is -0.121. The fourth-order valence-corrected chi connectivity index (χ4v) is 2.72. The van der Waals surface area contributed by atoms with E-state index in [2.05, 4.69) is 5.32 Å². The van der Waals surface area contributed by atoms with Gasteiger partial charge in [-0.25, -0.2) is 0 Å². The van der Waals surface area contributed by atoms with Crippen molar-refractivity contribution in [2.24, 2.45) is 5.92 Å². The van der Waals surface area contributed by atoms with Gasteiger partial charge in [0.15, 0.2) is 11.5 Å². The molecule has 0 aliphatic carbocycles. The molecule has 0 bridgehead atoms. The Bertz CT molecular complexity index is 728. The van der Waals surface area contributed by atoms with Crippen LogP contribution >= 0.6 is 0 Å². The van der Waals surface area contributed by atoms with Gasteiger partial charge in [0.1, 0.15) is 12.4 Å². The van der Waals surface area contributed by atoms with Crippen LogP contribution in [0.25, 0.3) is 0 Å². The van der Waals surface area contributed by atoms with E-state index in [1.54, 1.807) is 12.1 Å². The van der Waals surface area contributed by atoms with Crippen molar-refractivity contribution in [2.75, 3.05) is 18.7 Å². The standard InChI is InChI=1S/C17H15NO4/c19-17(12-7-11-3-1-2-4-14(11)20-9-12)18-13-5-6-15-16(8-13)22-10-21-15/h1-6,8,12H,7,9-10H2,(H,18,19). The summed E-state index contributed by atoms with van der Waals surface area (Å²) in [7, 11) is 0. The first-order valence-electron chi connectivity index (χ1n) is 7.21. The van der Waals surface area contributed by atoms with E-state index in [-0.39, 0.29) is 18.6 Å². The van der Waals surface area contributed by atoms with Gasteiger partial charge in [0.05, 0.1) is 5.92 Å². The molecule has 1 amide bonds. The second-order valence-electron chi connectivity index (χ2n) is 5.38. The minimum Gasteiger partial charge on any atom is -0.492 e. The van der Waals surface area contributed by atoms with E-state index in [1.165, 1.54) is 0 Å². The molecule has 112 valence electrons. The van der Waals surface area contributed by atoms with Crippen molar-refractivity contribution in [3.05, 3.63) is 48.0 Å². The van der Waals surface area contributed by atoms with Gasteiger partial charge in [-0.3, -0.25) is 4.79 Å². The largest absolute Gasteiger partial charge is 0.492 e. The molecule has 1 unspecified atom stereocenters. The normalized spacial score (nSPS) is 18.3. The van der Waals surface area contributed by atoms with Crippen molar-refractivity contribution in [1.29, 1.82) is 0 Å². The monoisotopic (exact) mass is 297 g/mol. The van der Waals surface area contributed by atoms with Gasteiger partial charge in [-0.2, -0.15) is 0 Å². The van der Waals surface area contributed by atoms with E-state index in [4.69, 9.17) is 14.2 Å². The molecule has 2 aromatic carbocycles. The molecule has 2 heterocycles. The number of fused-ring (bicyclic) bond motifs is 2. The van der Waals surface area contributed by atoms with E-state index in [1.807, 2.05) is 30.3 Å². The lowest BCUT2D eigenvalue weighted by atomic mass is 9.96. The fraction of sp³-hybridized carbons (Fsp3) is 0.235. The maximum atomic E-state index is 12.4. The highest BCUT2D eigenvalue weighted by atomic mass is 16.7. The first-order valence-corrected chi connectivity index (χ1v) is 7.21. The van der Waals surface area contributed by atoms with Crippen LogP contribution in [0.5, 0.6) is 17.2 Å². The average molecular weight is 297 g/mol. The van der Waals surface area contributed by atoms with Crippen LogP contribution in [-0.4, -0.2) is 19.3 Å². The zero-order valence-electron chi connectivity index (χ0n) is 11.9. The minimum absolute atomic E-state index is 0.0478. The number of benzene rings is 2. The topological polar surface area (TPSA) is 56.8 Å². The van der Waals surface area contributed by atoms with Crippen LogP contribution in [0.15, 0.2) is 42.5 Å². The van der Waals surface area contributed by atoms with Crippen molar-refractivity contribution in [3.8, 4) is 17.2 Å². The third-order valence-corrected chi connectivity index (χ3v) is 3.89.